The summed E-state index contributed by atoms with van der Waals surface area (Å²) in [5, 5.41) is 39.2. The van der Waals surface area contributed by atoms with Gasteiger partial charge in [-0.3, -0.25) is 4.79 Å². The Labute approximate surface area is 197 Å². The first-order valence-electron chi connectivity index (χ1n) is 10.5. The molecule has 0 saturated carbocycles. The van der Waals surface area contributed by atoms with Gasteiger partial charge in [0.05, 0.1) is 12.5 Å². The van der Waals surface area contributed by atoms with Crippen LogP contribution in [0.2, 0.25) is 10.0 Å². The molecule has 8 heteroatoms. The fraction of sp³-hybridized carbons (Fsp3) is 0.417. The Kier molecular flexibility index (Phi) is 9.97. The Morgan fingerprint density at radius 3 is 2.16 bits per heavy atom. The van der Waals surface area contributed by atoms with Gasteiger partial charge in [-0.05, 0) is 60.2 Å². The van der Waals surface area contributed by atoms with Crippen LogP contribution in [0.5, 0.6) is 0 Å². The van der Waals surface area contributed by atoms with Gasteiger partial charge in [0, 0.05) is 16.5 Å². The fourth-order valence-electron chi connectivity index (χ4n) is 3.69. The number of carboxylic acids is 2. The zero-order valence-electron chi connectivity index (χ0n) is 17.6. The molecule has 0 heterocycles. The fourth-order valence-corrected chi connectivity index (χ4v) is 3.99. The van der Waals surface area contributed by atoms with Gasteiger partial charge < -0.3 is 20.4 Å². The molecular weight excluding hydrogens is 455 g/mol. The molecule has 4 N–H and O–H groups in total. The topological polar surface area (TPSA) is 115 Å². The maximum Gasteiger partial charge on any atom is 0.336 e. The lowest BCUT2D eigenvalue weighted by molar-refractivity contribution is -0.168. The van der Waals surface area contributed by atoms with Crippen LogP contribution in [0.25, 0.3) is 11.1 Å². The molecule has 0 unspecified atom stereocenters. The summed E-state index contributed by atoms with van der Waals surface area (Å²) in [5.74, 6) is -3.07. The summed E-state index contributed by atoms with van der Waals surface area (Å²) in [6, 6.07) is 13.4. The van der Waals surface area contributed by atoms with Gasteiger partial charge in [0.15, 0.2) is 5.60 Å². The Morgan fingerprint density at radius 2 is 1.53 bits per heavy atom. The van der Waals surface area contributed by atoms with Crippen molar-refractivity contribution in [2.24, 2.45) is 0 Å². The van der Waals surface area contributed by atoms with E-state index < -0.39 is 36.5 Å². The first-order chi connectivity index (χ1) is 15.1. The molecular formula is C24H28Cl2O6. The summed E-state index contributed by atoms with van der Waals surface area (Å²) in [5.41, 5.74) is 0.827. The first kappa shape index (κ1) is 26.1. The highest BCUT2D eigenvalue weighted by Crippen LogP contribution is 2.29. The minimum atomic E-state index is -2.46. The molecule has 2 atom stereocenters. The predicted octanol–water partition coefficient (Wildman–Crippen LogP) is 5.19. The van der Waals surface area contributed by atoms with Crippen molar-refractivity contribution in [1.82, 2.24) is 0 Å². The molecule has 174 valence electrons. The number of halogens is 2. The average molecular weight is 483 g/mol. The van der Waals surface area contributed by atoms with E-state index in [4.69, 9.17) is 33.4 Å². The SMILES string of the molecule is O=C(O)C[C@](O)(C[C@@H](O)CCCCCCc1ccc(Cl)cc1-c1ccc(Cl)cc1)C(=O)O. The van der Waals surface area contributed by atoms with E-state index in [1.807, 2.05) is 42.5 Å². The van der Waals surface area contributed by atoms with E-state index in [0.29, 0.717) is 22.9 Å². The summed E-state index contributed by atoms with van der Waals surface area (Å²) in [6.07, 6.45) is 1.93. The van der Waals surface area contributed by atoms with Gasteiger partial charge >= 0.3 is 11.9 Å². The molecule has 0 aliphatic carbocycles. The third-order valence-electron chi connectivity index (χ3n) is 5.38. The molecule has 0 spiro atoms. The third kappa shape index (κ3) is 8.10. The van der Waals surface area contributed by atoms with E-state index in [9.17, 15) is 19.8 Å². The van der Waals surface area contributed by atoms with Gasteiger partial charge in [0.1, 0.15) is 0 Å². The minimum absolute atomic E-state index is 0.298. The molecule has 2 aromatic carbocycles. The Morgan fingerprint density at radius 1 is 0.906 bits per heavy atom. The van der Waals surface area contributed by atoms with E-state index in [2.05, 4.69) is 0 Å². The van der Waals surface area contributed by atoms with Gasteiger partial charge in [-0.2, -0.15) is 0 Å². The number of unbranched alkanes of at least 4 members (excludes halogenated alkanes) is 3. The lowest BCUT2D eigenvalue weighted by Crippen LogP contribution is -2.43. The highest BCUT2D eigenvalue weighted by atomic mass is 35.5. The second kappa shape index (κ2) is 12.2. The second-order valence-corrected chi connectivity index (χ2v) is 8.90. The van der Waals surface area contributed by atoms with Crippen LogP contribution in [0.15, 0.2) is 42.5 Å². The number of aliphatic hydroxyl groups is 2. The van der Waals surface area contributed by atoms with Crippen LogP contribution in [0.1, 0.15) is 50.5 Å². The number of rotatable bonds is 13. The summed E-state index contributed by atoms with van der Waals surface area (Å²) in [6.45, 7) is 0. The van der Waals surface area contributed by atoms with Crippen molar-refractivity contribution in [2.45, 2.75) is 63.1 Å². The number of hydrogen-bond donors (Lipinski definition) is 4. The van der Waals surface area contributed by atoms with Crippen LogP contribution in [-0.4, -0.2) is 44.1 Å². The summed E-state index contributed by atoms with van der Waals surface area (Å²) >= 11 is 12.2. The number of benzene rings is 2. The lowest BCUT2D eigenvalue weighted by atomic mass is 9.90. The van der Waals surface area contributed by atoms with Crippen LogP contribution < -0.4 is 0 Å². The highest BCUT2D eigenvalue weighted by molar-refractivity contribution is 6.31. The summed E-state index contributed by atoms with van der Waals surface area (Å²) in [7, 11) is 0. The van der Waals surface area contributed by atoms with Gasteiger partial charge in [-0.15, -0.1) is 0 Å². The van der Waals surface area contributed by atoms with Crippen LogP contribution in [0.3, 0.4) is 0 Å². The standard InChI is InChI=1S/C24H28Cl2O6/c25-18-10-7-17(8-11-18)21-13-19(26)12-9-16(21)5-3-1-2-4-6-20(27)14-24(32,23(30)31)15-22(28)29/h7-13,20,27,32H,1-6,14-15H2,(H,28,29)(H,30,31)/t20-,24+/m0/s1. The van der Waals surface area contributed by atoms with Crippen molar-refractivity contribution in [3.8, 4) is 11.1 Å². The molecule has 0 amide bonds. The maximum absolute atomic E-state index is 11.2. The number of carboxylic acid groups (broad SMARTS) is 2. The number of aryl methyl sites for hydroxylation is 1. The zero-order chi connectivity index (χ0) is 23.7. The first-order valence-corrected chi connectivity index (χ1v) is 11.3. The Balaban J connectivity index is 1.80. The van der Waals surface area contributed by atoms with E-state index in [1.54, 1.807) is 0 Å². The smallest absolute Gasteiger partial charge is 0.336 e. The molecule has 0 aliphatic heterocycles. The van der Waals surface area contributed by atoms with E-state index in [0.717, 1.165) is 36.8 Å². The summed E-state index contributed by atoms with van der Waals surface area (Å²) < 4.78 is 0. The van der Waals surface area contributed by atoms with Crippen molar-refractivity contribution in [2.75, 3.05) is 0 Å². The molecule has 0 saturated heterocycles. The van der Waals surface area contributed by atoms with Crippen LogP contribution in [0, 0.1) is 0 Å². The van der Waals surface area contributed by atoms with Crippen LogP contribution >= 0.6 is 23.2 Å². The molecule has 6 nitrogen and oxygen atoms in total. The largest absolute Gasteiger partial charge is 0.481 e. The Bertz CT molecular complexity index is 915. The van der Waals surface area contributed by atoms with E-state index >= 15 is 0 Å². The van der Waals surface area contributed by atoms with Gasteiger partial charge in [-0.25, -0.2) is 4.79 Å². The quantitative estimate of drug-likeness (QED) is 0.292. The molecule has 2 aromatic rings. The second-order valence-electron chi connectivity index (χ2n) is 8.03. The molecule has 2 rings (SSSR count). The van der Waals surface area contributed by atoms with Gasteiger partial charge in [0.25, 0.3) is 0 Å². The predicted molar refractivity (Wildman–Crippen MR) is 124 cm³/mol. The van der Waals surface area contributed by atoms with Crippen molar-refractivity contribution in [1.29, 1.82) is 0 Å². The molecule has 0 fully saturated rings. The molecule has 0 bridgehead atoms. The van der Waals surface area contributed by atoms with Crippen molar-refractivity contribution >= 4 is 35.1 Å². The van der Waals surface area contributed by atoms with Crippen molar-refractivity contribution < 1.29 is 30.0 Å². The number of aliphatic hydroxyl groups excluding tert-OH is 1. The highest BCUT2D eigenvalue weighted by Gasteiger charge is 2.40. The van der Waals surface area contributed by atoms with Crippen LogP contribution in [0.4, 0.5) is 0 Å². The van der Waals surface area contributed by atoms with E-state index in [1.165, 1.54) is 5.56 Å². The normalized spacial score (nSPS) is 14.0. The van der Waals surface area contributed by atoms with Crippen molar-refractivity contribution in [3.63, 3.8) is 0 Å². The molecule has 32 heavy (non-hydrogen) atoms. The molecule has 0 radical (unpaired) electrons. The van der Waals surface area contributed by atoms with Crippen LogP contribution in [-0.2, 0) is 16.0 Å². The number of aliphatic carboxylic acids is 2. The van der Waals surface area contributed by atoms with Gasteiger partial charge in [0.2, 0.25) is 0 Å². The third-order valence-corrected chi connectivity index (χ3v) is 5.86. The lowest BCUT2D eigenvalue weighted by Gasteiger charge is -2.24. The molecule has 0 aromatic heterocycles. The van der Waals surface area contributed by atoms with Gasteiger partial charge in [-0.1, -0.05) is 60.7 Å². The minimum Gasteiger partial charge on any atom is -0.481 e. The molecule has 0 aliphatic rings. The average Bonchev–Trinajstić information content (AvgIpc) is 2.71. The maximum atomic E-state index is 11.2. The zero-order valence-corrected chi connectivity index (χ0v) is 19.1. The monoisotopic (exact) mass is 482 g/mol. The van der Waals surface area contributed by atoms with Crippen molar-refractivity contribution in [3.05, 3.63) is 58.1 Å². The summed E-state index contributed by atoms with van der Waals surface area (Å²) in [4.78, 5) is 22.0. The Hall–Kier alpha value is -2.12. The number of carbonyl (C=O) groups is 2. The van der Waals surface area contributed by atoms with E-state index in [-0.39, 0.29) is 0 Å². The number of hydrogen-bond acceptors (Lipinski definition) is 4.